The third-order valence-corrected chi connectivity index (χ3v) is 2.72. The van der Waals surface area contributed by atoms with Crippen LogP contribution in [0.25, 0.3) is 0 Å². The topological polar surface area (TPSA) is 33.1 Å². The van der Waals surface area contributed by atoms with Gasteiger partial charge in [-0.3, -0.25) is 9.58 Å². The smallest absolute Gasteiger partial charge is 0.0638 e. The Morgan fingerprint density at radius 2 is 2.07 bits per heavy atom. The Morgan fingerprint density at radius 3 is 2.60 bits per heavy atom. The molecule has 1 saturated heterocycles. The average molecular weight is 231 g/mol. The van der Waals surface area contributed by atoms with E-state index in [0.29, 0.717) is 0 Å². The van der Waals surface area contributed by atoms with Gasteiger partial charge in [0.15, 0.2) is 0 Å². The second-order valence-electron chi connectivity index (χ2n) is 3.94. The molecule has 1 aliphatic heterocycles. The van der Waals surface area contributed by atoms with Crippen LogP contribution >= 0.6 is 12.4 Å². The quantitative estimate of drug-likeness (QED) is 0.806. The largest absolute Gasteiger partial charge is 0.314 e. The highest BCUT2D eigenvalue weighted by Gasteiger charge is 2.12. The van der Waals surface area contributed by atoms with Gasteiger partial charge < -0.3 is 5.32 Å². The Hall–Kier alpha value is -0.580. The van der Waals surface area contributed by atoms with Crippen molar-refractivity contribution in [2.24, 2.45) is 7.05 Å². The molecular weight excluding hydrogens is 212 g/mol. The van der Waals surface area contributed by atoms with Crippen LogP contribution in [0.15, 0.2) is 6.20 Å². The van der Waals surface area contributed by atoms with Crippen molar-refractivity contribution < 1.29 is 0 Å². The first-order valence-corrected chi connectivity index (χ1v) is 5.18. The molecule has 1 aliphatic rings. The molecule has 5 heteroatoms. The van der Waals surface area contributed by atoms with Crippen molar-refractivity contribution in [3.05, 3.63) is 17.5 Å². The van der Waals surface area contributed by atoms with E-state index in [1.165, 1.54) is 5.56 Å². The molecule has 2 heterocycles. The summed E-state index contributed by atoms with van der Waals surface area (Å²) in [6.07, 6.45) is 2.12. The Bertz CT molecular complexity index is 304. The van der Waals surface area contributed by atoms with Crippen LogP contribution in [-0.2, 0) is 13.6 Å². The monoisotopic (exact) mass is 230 g/mol. The lowest BCUT2D eigenvalue weighted by molar-refractivity contribution is 0.233. The molecule has 0 unspecified atom stereocenters. The molecule has 0 saturated carbocycles. The molecule has 86 valence electrons. The number of piperazine rings is 1. The van der Waals surface area contributed by atoms with E-state index < -0.39 is 0 Å². The second kappa shape index (κ2) is 5.49. The van der Waals surface area contributed by atoms with Gasteiger partial charge in [-0.2, -0.15) is 5.10 Å². The van der Waals surface area contributed by atoms with Gasteiger partial charge in [-0.25, -0.2) is 0 Å². The van der Waals surface area contributed by atoms with E-state index in [1.54, 1.807) is 0 Å². The molecule has 1 N–H and O–H groups in total. The van der Waals surface area contributed by atoms with E-state index in [0.717, 1.165) is 38.4 Å². The first kappa shape index (κ1) is 12.5. The van der Waals surface area contributed by atoms with E-state index in [-0.39, 0.29) is 12.4 Å². The molecule has 1 fully saturated rings. The van der Waals surface area contributed by atoms with Gasteiger partial charge in [-0.05, 0) is 6.92 Å². The van der Waals surface area contributed by atoms with E-state index in [2.05, 4.69) is 28.4 Å². The van der Waals surface area contributed by atoms with Crippen LogP contribution in [0.5, 0.6) is 0 Å². The fourth-order valence-electron chi connectivity index (χ4n) is 1.91. The van der Waals surface area contributed by atoms with Gasteiger partial charge in [-0.15, -0.1) is 12.4 Å². The summed E-state index contributed by atoms with van der Waals surface area (Å²) in [6, 6.07) is 0. The number of nitrogens with one attached hydrogen (secondary N) is 1. The van der Waals surface area contributed by atoms with Gasteiger partial charge in [-0.1, -0.05) is 0 Å². The molecule has 0 aromatic carbocycles. The van der Waals surface area contributed by atoms with E-state index in [1.807, 2.05) is 11.7 Å². The number of hydrogen-bond acceptors (Lipinski definition) is 3. The lowest BCUT2D eigenvalue weighted by Crippen LogP contribution is -2.42. The number of halogens is 1. The van der Waals surface area contributed by atoms with E-state index in [4.69, 9.17) is 0 Å². The maximum atomic E-state index is 4.35. The fourth-order valence-corrected chi connectivity index (χ4v) is 1.91. The zero-order valence-electron chi connectivity index (χ0n) is 9.36. The molecule has 0 atom stereocenters. The van der Waals surface area contributed by atoms with Crippen LogP contribution in [0.4, 0.5) is 0 Å². The lowest BCUT2D eigenvalue weighted by atomic mass is 10.2. The van der Waals surface area contributed by atoms with Gasteiger partial charge in [0.1, 0.15) is 0 Å². The zero-order valence-corrected chi connectivity index (χ0v) is 10.2. The number of aromatic nitrogens is 2. The van der Waals surface area contributed by atoms with E-state index >= 15 is 0 Å². The molecular formula is C10H19ClN4. The SMILES string of the molecule is Cc1nn(C)cc1CN1CCNCC1.Cl. The zero-order chi connectivity index (χ0) is 9.97. The normalized spacial score (nSPS) is 17.5. The molecule has 0 bridgehead atoms. The van der Waals surface area contributed by atoms with Gasteiger partial charge >= 0.3 is 0 Å². The van der Waals surface area contributed by atoms with Crippen molar-refractivity contribution in [1.82, 2.24) is 20.0 Å². The van der Waals surface area contributed by atoms with E-state index in [9.17, 15) is 0 Å². The first-order chi connectivity index (χ1) is 6.75. The van der Waals surface area contributed by atoms with Gasteiger partial charge in [0.2, 0.25) is 0 Å². The summed E-state index contributed by atoms with van der Waals surface area (Å²) in [6.45, 7) is 7.64. The van der Waals surface area contributed by atoms with Crippen molar-refractivity contribution >= 4 is 12.4 Å². The molecule has 1 aromatic heterocycles. The Morgan fingerprint density at radius 1 is 1.40 bits per heavy atom. The predicted molar refractivity (Wildman–Crippen MR) is 63.3 cm³/mol. The minimum absolute atomic E-state index is 0. The van der Waals surface area contributed by atoms with Crippen LogP contribution in [0.2, 0.25) is 0 Å². The predicted octanol–water partition coefficient (Wildman–Crippen LogP) is 0.556. The van der Waals surface area contributed by atoms with Crippen LogP contribution in [-0.4, -0.2) is 40.9 Å². The Labute approximate surface area is 97.1 Å². The summed E-state index contributed by atoms with van der Waals surface area (Å²) in [4.78, 5) is 2.47. The summed E-state index contributed by atoms with van der Waals surface area (Å²) in [5.41, 5.74) is 2.51. The summed E-state index contributed by atoms with van der Waals surface area (Å²) < 4.78 is 1.90. The van der Waals surface area contributed by atoms with Crippen molar-refractivity contribution in [3.63, 3.8) is 0 Å². The van der Waals surface area contributed by atoms with Crippen molar-refractivity contribution in [1.29, 1.82) is 0 Å². The summed E-state index contributed by atoms with van der Waals surface area (Å²) in [5, 5.41) is 7.71. The molecule has 15 heavy (non-hydrogen) atoms. The molecule has 4 nitrogen and oxygen atoms in total. The third kappa shape index (κ3) is 3.19. The number of aryl methyl sites for hydroxylation is 2. The van der Waals surface area contributed by atoms with Crippen LogP contribution in [0.1, 0.15) is 11.3 Å². The maximum Gasteiger partial charge on any atom is 0.0638 e. The van der Waals surface area contributed by atoms with Crippen LogP contribution in [0.3, 0.4) is 0 Å². The number of hydrogen-bond donors (Lipinski definition) is 1. The van der Waals surface area contributed by atoms with Crippen LogP contribution < -0.4 is 5.32 Å². The number of rotatable bonds is 2. The minimum atomic E-state index is 0. The van der Waals surface area contributed by atoms with Crippen LogP contribution in [0, 0.1) is 6.92 Å². The summed E-state index contributed by atoms with van der Waals surface area (Å²) >= 11 is 0. The highest BCUT2D eigenvalue weighted by atomic mass is 35.5. The van der Waals surface area contributed by atoms with Crippen molar-refractivity contribution in [2.45, 2.75) is 13.5 Å². The van der Waals surface area contributed by atoms with Gasteiger partial charge in [0.25, 0.3) is 0 Å². The highest BCUT2D eigenvalue weighted by Crippen LogP contribution is 2.08. The summed E-state index contributed by atoms with van der Waals surface area (Å²) in [7, 11) is 1.98. The fraction of sp³-hybridized carbons (Fsp3) is 0.700. The summed E-state index contributed by atoms with van der Waals surface area (Å²) in [5.74, 6) is 0. The standard InChI is InChI=1S/C10H18N4.ClH/c1-9-10(7-13(2)12-9)8-14-5-3-11-4-6-14;/h7,11H,3-6,8H2,1-2H3;1H. The Kier molecular flexibility index (Phi) is 4.57. The second-order valence-corrected chi connectivity index (χ2v) is 3.94. The highest BCUT2D eigenvalue weighted by molar-refractivity contribution is 5.85. The first-order valence-electron chi connectivity index (χ1n) is 5.18. The molecule has 2 rings (SSSR count). The maximum absolute atomic E-state index is 4.35. The molecule has 1 aromatic rings. The average Bonchev–Trinajstić information content (AvgIpc) is 2.47. The van der Waals surface area contributed by atoms with Crippen molar-refractivity contribution in [3.8, 4) is 0 Å². The minimum Gasteiger partial charge on any atom is -0.314 e. The lowest BCUT2D eigenvalue weighted by Gasteiger charge is -2.26. The van der Waals surface area contributed by atoms with Gasteiger partial charge in [0, 0.05) is 51.5 Å². The Balaban J connectivity index is 0.00000112. The molecule has 0 amide bonds. The third-order valence-electron chi connectivity index (χ3n) is 2.72. The number of nitrogens with zero attached hydrogens (tertiary/aromatic N) is 3. The van der Waals surface area contributed by atoms with Crippen molar-refractivity contribution in [2.75, 3.05) is 26.2 Å². The van der Waals surface area contributed by atoms with Gasteiger partial charge in [0.05, 0.1) is 5.69 Å². The molecule has 0 aliphatic carbocycles. The molecule has 0 spiro atoms. The molecule has 0 radical (unpaired) electrons.